The molecule has 2 N–H and O–H groups in total. The molecule has 0 unspecified atom stereocenters. The number of hydrogen-bond donors (Lipinski definition) is 1. The van der Waals surface area contributed by atoms with Gasteiger partial charge in [-0.15, -0.1) is 10.2 Å². The normalized spacial score (nSPS) is 10.9. The number of thioether (sulfide) groups is 1. The van der Waals surface area contributed by atoms with Crippen LogP contribution in [0.4, 0.5) is 0 Å². The summed E-state index contributed by atoms with van der Waals surface area (Å²) in [5.74, 6) is 9.41. The summed E-state index contributed by atoms with van der Waals surface area (Å²) in [5, 5.41) is 16.8. The number of ether oxygens (including phenoxy) is 2. The maximum Gasteiger partial charge on any atom is 0.237 e. The zero-order chi connectivity index (χ0) is 19.5. The number of nitrogens with two attached hydrogens (primary N) is 1. The van der Waals surface area contributed by atoms with Gasteiger partial charge < -0.3 is 19.8 Å². The van der Waals surface area contributed by atoms with Crippen molar-refractivity contribution in [1.29, 1.82) is 0 Å². The number of nitrogens with zero attached hydrogens (tertiary/aromatic N) is 5. The highest BCUT2D eigenvalue weighted by atomic mass is 32.2. The summed E-state index contributed by atoms with van der Waals surface area (Å²) in [6, 6.07) is 7.34. The highest BCUT2D eigenvalue weighted by Crippen LogP contribution is 2.33. The van der Waals surface area contributed by atoms with Gasteiger partial charge in [0, 0.05) is 17.0 Å². The lowest BCUT2D eigenvalue weighted by atomic mass is 10.2. The van der Waals surface area contributed by atoms with Crippen LogP contribution in [0.15, 0.2) is 44.7 Å². The Labute approximate surface area is 168 Å². The smallest absolute Gasteiger partial charge is 0.237 e. The van der Waals surface area contributed by atoms with Crippen LogP contribution in [-0.4, -0.2) is 39.2 Å². The zero-order valence-corrected chi connectivity index (χ0v) is 16.7. The first-order valence-electron chi connectivity index (χ1n) is 8.10. The van der Waals surface area contributed by atoms with Gasteiger partial charge in [0.15, 0.2) is 5.82 Å². The van der Waals surface area contributed by atoms with E-state index in [1.54, 1.807) is 31.6 Å². The Morgan fingerprint density at radius 3 is 2.86 bits per heavy atom. The Balaban J connectivity index is 1.51. The zero-order valence-electron chi connectivity index (χ0n) is 15.0. The Kier molecular flexibility index (Phi) is 5.17. The fraction of sp³-hybridized carbons (Fsp3) is 0.176. The molecule has 3 heterocycles. The van der Waals surface area contributed by atoms with Gasteiger partial charge in [0.2, 0.25) is 16.9 Å². The molecule has 0 saturated carbocycles. The molecule has 3 aromatic heterocycles. The van der Waals surface area contributed by atoms with Crippen LogP contribution < -0.4 is 15.3 Å². The summed E-state index contributed by atoms with van der Waals surface area (Å²) in [7, 11) is 3.17. The summed E-state index contributed by atoms with van der Waals surface area (Å²) < 4.78 is 17.3. The number of hydrogen-bond acceptors (Lipinski definition) is 10. The maximum atomic E-state index is 6.19. The van der Waals surface area contributed by atoms with Gasteiger partial charge in [-0.3, -0.25) is 0 Å². The summed E-state index contributed by atoms with van der Waals surface area (Å²) in [6.07, 6.45) is 0. The molecule has 11 heteroatoms. The third-order valence-corrected chi connectivity index (χ3v) is 5.50. The topological polar surface area (TPSA) is 114 Å². The van der Waals surface area contributed by atoms with E-state index in [1.165, 1.54) is 16.4 Å². The molecule has 0 radical (unpaired) electrons. The second kappa shape index (κ2) is 7.90. The molecule has 144 valence electrons. The van der Waals surface area contributed by atoms with Gasteiger partial charge >= 0.3 is 0 Å². The fourth-order valence-corrected chi connectivity index (χ4v) is 3.82. The van der Waals surface area contributed by atoms with E-state index in [0.29, 0.717) is 45.5 Å². The number of nitrogen functional groups attached to an aromatic ring is 1. The van der Waals surface area contributed by atoms with Crippen molar-refractivity contribution >= 4 is 23.1 Å². The minimum Gasteiger partial charge on any atom is -0.497 e. The SMILES string of the molecule is COc1ccc(-c2nnc(SCc3nc(-c4ccsc4)no3)n2N)c(OC)c1. The molecule has 4 rings (SSSR count). The molecule has 0 bridgehead atoms. The quantitative estimate of drug-likeness (QED) is 0.358. The average Bonchev–Trinajstić information content (AvgIpc) is 3.47. The summed E-state index contributed by atoms with van der Waals surface area (Å²) in [4.78, 5) is 4.38. The molecule has 0 spiro atoms. The molecule has 0 aliphatic heterocycles. The van der Waals surface area contributed by atoms with Crippen molar-refractivity contribution in [2.45, 2.75) is 10.9 Å². The van der Waals surface area contributed by atoms with Crippen molar-refractivity contribution in [1.82, 2.24) is 25.0 Å². The molecular weight excluding hydrogens is 400 g/mol. The fourth-order valence-electron chi connectivity index (χ4n) is 2.49. The van der Waals surface area contributed by atoms with Crippen LogP contribution >= 0.6 is 23.1 Å². The van der Waals surface area contributed by atoms with Gasteiger partial charge in [-0.05, 0) is 23.6 Å². The van der Waals surface area contributed by atoms with Gasteiger partial charge in [-0.2, -0.15) is 16.3 Å². The molecular formula is C17H16N6O3S2. The van der Waals surface area contributed by atoms with Crippen LogP contribution in [0, 0.1) is 0 Å². The molecule has 0 aliphatic rings. The van der Waals surface area contributed by atoms with Crippen molar-refractivity contribution in [3.8, 4) is 34.3 Å². The van der Waals surface area contributed by atoms with Crippen molar-refractivity contribution in [3.63, 3.8) is 0 Å². The number of thiophene rings is 1. The Hall–Kier alpha value is -3.05. The predicted molar refractivity (Wildman–Crippen MR) is 106 cm³/mol. The largest absolute Gasteiger partial charge is 0.497 e. The standard InChI is InChI=1S/C17H16N6O3S2/c1-24-11-3-4-12(13(7-11)25-2)16-20-21-17(23(16)18)28-9-14-19-15(22-26-14)10-5-6-27-8-10/h3-8H,9,18H2,1-2H3. The number of methoxy groups -OCH3 is 2. The lowest BCUT2D eigenvalue weighted by Gasteiger charge is -2.09. The van der Waals surface area contributed by atoms with Gasteiger partial charge in [0.1, 0.15) is 11.5 Å². The first kappa shape index (κ1) is 18.3. The minimum absolute atomic E-state index is 0.423. The summed E-state index contributed by atoms with van der Waals surface area (Å²) in [6.45, 7) is 0. The van der Waals surface area contributed by atoms with Gasteiger partial charge in [0.25, 0.3) is 0 Å². The van der Waals surface area contributed by atoms with Crippen LogP contribution in [0.1, 0.15) is 5.89 Å². The average molecular weight is 416 g/mol. The Morgan fingerprint density at radius 2 is 2.11 bits per heavy atom. The van der Waals surface area contributed by atoms with Crippen molar-refractivity contribution < 1.29 is 14.0 Å². The van der Waals surface area contributed by atoms with Crippen LogP contribution in [0.2, 0.25) is 0 Å². The molecule has 1 aromatic carbocycles. The molecule has 0 aliphatic carbocycles. The van der Waals surface area contributed by atoms with Crippen LogP contribution in [0.25, 0.3) is 22.8 Å². The number of aromatic nitrogens is 5. The second-order valence-electron chi connectivity index (χ2n) is 5.55. The molecule has 0 atom stereocenters. The van der Waals surface area contributed by atoms with Crippen molar-refractivity contribution in [2.24, 2.45) is 0 Å². The molecule has 4 aromatic rings. The molecule has 0 amide bonds. The van der Waals surface area contributed by atoms with E-state index < -0.39 is 0 Å². The lowest BCUT2D eigenvalue weighted by molar-refractivity contribution is 0.391. The lowest BCUT2D eigenvalue weighted by Crippen LogP contribution is -2.12. The third kappa shape index (κ3) is 3.53. The molecule has 0 fully saturated rings. The van der Waals surface area contributed by atoms with Crippen molar-refractivity contribution in [3.05, 3.63) is 40.9 Å². The molecule has 9 nitrogen and oxygen atoms in total. The van der Waals surface area contributed by atoms with Crippen LogP contribution in [0.5, 0.6) is 11.5 Å². The summed E-state index contributed by atoms with van der Waals surface area (Å²) in [5.41, 5.74) is 1.64. The van der Waals surface area contributed by atoms with E-state index in [-0.39, 0.29) is 0 Å². The Bertz CT molecular complexity index is 1080. The number of benzene rings is 1. The van der Waals surface area contributed by atoms with E-state index in [2.05, 4.69) is 20.3 Å². The minimum atomic E-state index is 0.423. The van der Waals surface area contributed by atoms with Crippen LogP contribution in [0.3, 0.4) is 0 Å². The molecule has 28 heavy (non-hydrogen) atoms. The first-order chi connectivity index (χ1) is 13.7. The molecule has 0 saturated heterocycles. The first-order valence-corrected chi connectivity index (χ1v) is 10.0. The highest BCUT2D eigenvalue weighted by Gasteiger charge is 2.18. The monoisotopic (exact) mass is 416 g/mol. The highest BCUT2D eigenvalue weighted by molar-refractivity contribution is 7.98. The van der Waals surface area contributed by atoms with Crippen molar-refractivity contribution in [2.75, 3.05) is 20.1 Å². The van der Waals surface area contributed by atoms with Gasteiger partial charge in [-0.25, -0.2) is 4.68 Å². The summed E-state index contributed by atoms with van der Waals surface area (Å²) >= 11 is 2.93. The van der Waals surface area contributed by atoms with Gasteiger partial charge in [0.05, 0.1) is 25.5 Å². The van der Waals surface area contributed by atoms with E-state index in [0.717, 1.165) is 5.56 Å². The third-order valence-electron chi connectivity index (χ3n) is 3.89. The van der Waals surface area contributed by atoms with E-state index in [1.807, 2.05) is 29.0 Å². The maximum absolute atomic E-state index is 6.19. The van der Waals surface area contributed by atoms with E-state index in [4.69, 9.17) is 19.8 Å². The predicted octanol–water partition coefficient (Wildman–Crippen LogP) is 3.08. The van der Waals surface area contributed by atoms with E-state index >= 15 is 0 Å². The van der Waals surface area contributed by atoms with E-state index in [9.17, 15) is 0 Å². The number of rotatable bonds is 7. The van der Waals surface area contributed by atoms with Gasteiger partial charge in [-0.1, -0.05) is 16.9 Å². The van der Waals surface area contributed by atoms with Crippen LogP contribution in [-0.2, 0) is 5.75 Å². The Morgan fingerprint density at radius 1 is 1.21 bits per heavy atom. The second-order valence-corrected chi connectivity index (χ2v) is 7.28.